The summed E-state index contributed by atoms with van der Waals surface area (Å²) >= 11 is 0. The Labute approximate surface area is 158 Å². The van der Waals surface area contributed by atoms with Crippen LogP contribution >= 0.6 is 0 Å². The van der Waals surface area contributed by atoms with Crippen LogP contribution in [0.3, 0.4) is 0 Å². The molecule has 140 valence electrons. The number of carbonyl (C=O) groups excluding carboxylic acids is 1. The van der Waals surface area contributed by atoms with Crippen molar-refractivity contribution in [1.82, 2.24) is 10.3 Å². The molecule has 0 spiro atoms. The molecule has 0 saturated heterocycles. The molecule has 3 rings (SSSR count). The second kappa shape index (κ2) is 7.95. The van der Waals surface area contributed by atoms with E-state index >= 15 is 0 Å². The third kappa shape index (κ3) is 3.51. The number of pyridine rings is 1. The molecular formula is C21H23N3O3. The minimum atomic E-state index is -0.263. The van der Waals surface area contributed by atoms with Gasteiger partial charge in [-0.15, -0.1) is 0 Å². The second-order valence-electron chi connectivity index (χ2n) is 6.11. The summed E-state index contributed by atoms with van der Waals surface area (Å²) in [6, 6.07) is 11.4. The van der Waals surface area contributed by atoms with Gasteiger partial charge in [-0.3, -0.25) is 4.79 Å². The summed E-state index contributed by atoms with van der Waals surface area (Å²) in [6.07, 6.45) is 2.53. The highest BCUT2D eigenvalue weighted by Crippen LogP contribution is 2.38. The van der Waals surface area contributed by atoms with Crippen LogP contribution in [0.4, 0.5) is 5.69 Å². The first-order chi connectivity index (χ1) is 13.1. The standard InChI is InChI=1S/C21H23N3O3/c1-4-10-23-21(25)20-19(22)15-7-5-6-14(17(15)12-24-20)16-11-13(26-2)8-9-18(16)27-3/h5-9,11-12H,4,10,22H2,1-3H3,(H,23,25). The highest BCUT2D eigenvalue weighted by Gasteiger charge is 2.17. The largest absolute Gasteiger partial charge is 0.497 e. The topological polar surface area (TPSA) is 86.5 Å². The fraction of sp³-hybridized carbons (Fsp3) is 0.238. The van der Waals surface area contributed by atoms with Crippen LogP contribution in [0.25, 0.3) is 21.9 Å². The van der Waals surface area contributed by atoms with Gasteiger partial charge in [0.1, 0.15) is 11.5 Å². The zero-order valence-electron chi connectivity index (χ0n) is 15.7. The molecule has 1 amide bonds. The van der Waals surface area contributed by atoms with Crippen LogP contribution in [0.1, 0.15) is 23.8 Å². The molecule has 3 aromatic rings. The fourth-order valence-electron chi connectivity index (χ4n) is 3.03. The van der Waals surface area contributed by atoms with Crippen molar-refractivity contribution in [2.45, 2.75) is 13.3 Å². The number of hydrogen-bond donors (Lipinski definition) is 2. The van der Waals surface area contributed by atoms with Crippen LogP contribution in [0.5, 0.6) is 11.5 Å². The molecule has 3 N–H and O–H groups in total. The lowest BCUT2D eigenvalue weighted by Gasteiger charge is -2.14. The highest BCUT2D eigenvalue weighted by atomic mass is 16.5. The van der Waals surface area contributed by atoms with E-state index in [0.717, 1.165) is 34.1 Å². The Balaban J connectivity index is 2.17. The Bertz CT molecular complexity index is 986. The molecule has 0 aliphatic rings. The molecule has 0 fully saturated rings. The van der Waals surface area contributed by atoms with E-state index in [0.29, 0.717) is 18.0 Å². The Kier molecular flexibility index (Phi) is 5.45. The Hall–Kier alpha value is -3.28. The lowest BCUT2D eigenvalue weighted by molar-refractivity contribution is 0.0950. The minimum absolute atomic E-state index is 0.241. The smallest absolute Gasteiger partial charge is 0.272 e. The third-order valence-electron chi connectivity index (χ3n) is 4.42. The Morgan fingerprint density at radius 3 is 2.63 bits per heavy atom. The van der Waals surface area contributed by atoms with Gasteiger partial charge < -0.3 is 20.5 Å². The van der Waals surface area contributed by atoms with Crippen molar-refractivity contribution < 1.29 is 14.3 Å². The number of nitrogens with zero attached hydrogens (tertiary/aromatic N) is 1. The van der Waals surface area contributed by atoms with Gasteiger partial charge in [-0.1, -0.05) is 25.1 Å². The van der Waals surface area contributed by atoms with E-state index < -0.39 is 0 Å². The molecule has 2 aromatic carbocycles. The van der Waals surface area contributed by atoms with Crippen LogP contribution < -0.4 is 20.5 Å². The number of anilines is 1. The molecular weight excluding hydrogens is 342 g/mol. The molecule has 1 aromatic heterocycles. The van der Waals surface area contributed by atoms with Gasteiger partial charge >= 0.3 is 0 Å². The molecule has 6 heteroatoms. The predicted octanol–water partition coefficient (Wildman–Crippen LogP) is 3.64. The number of fused-ring (bicyclic) bond motifs is 1. The van der Waals surface area contributed by atoms with E-state index in [4.69, 9.17) is 15.2 Å². The first-order valence-electron chi connectivity index (χ1n) is 8.78. The monoisotopic (exact) mass is 365 g/mol. The predicted molar refractivity (Wildman–Crippen MR) is 107 cm³/mol. The molecule has 0 bridgehead atoms. The van der Waals surface area contributed by atoms with Gasteiger partial charge in [0, 0.05) is 29.1 Å². The number of methoxy groups -OCH3 is 2. The average Bonchev–Trinajstić information content (AvgIpc) is 2.71. The zero-order chi connectivity index (χ0) is 19.4. The number of nitrogens with one attached hydrogen (secondary N) is 1. The van der Waals surface area contributed by atoms with Gasteiger partial charge in [-0.25, -0.2) is 4.98 Å². The summed E-state index contributed by atoms with van der Waals surface area (Å²) in [5.41, 5.74) is 8.67. The van der Waals surface area contributed by atoms with E-state index in [1.165, 1.54) is 0 Å². The van der Waals surface area contributed by atoms with Crippen molar-refractivity contribution in [3.8, 4) is 22.6 Å². The lowest BCUT2D eigenvalue weighted by atomic mass is 9.97. The van der Waals surface area contributed by atoms with Crippen molar-refractivity contribution in [1.29, 1.82) is 0 Å². The molecule has 0 atom stereocenters. The van der Waals surface area contributed by atoms with E-state index in [9.17, 15) is 4.79 Å². The number of ether oxygens (including phenoxy) is 2. The maximum atomic E-state index is 12.3. The van der Waals surface area contributed by atoms with E-state index in [-0.39, 0.29) is 11.6 Å². The summed E-state index contributed by atoms with van der Waals surface area (Å²) in [4.78, 5) is 16.7. The number of amides is 1. The number of hydrogen-bond acceptors (Lipinski definition) is 5. The summed E-state index contributed by atoms with van der Waals surface area (Å²) < 4.78 is 10.9. The zero-order valence-corrected chi connectivity index (χ0v) is 15.7. The third-order valence-corrected chi connectivity index (χ3v) is 4.42. The van der Waals surface area contributed by atoms with Crippen molar-refractivity contribution in [2.24, 2.45) is 0 Å². The van der Waals surface area contributed by atoms with Crippen LogP contribution in [-0.4, -0.2) is 31.7 Å². The lowest BCUT2D eigenvalue weighted by Crippen LogP contribution is -2.26. The van der Waals surface area contributed by atoms with E-state index in [1.807, 2.05) is 43.3 Å². The Morgan fingerprint density at radius 2 is 1.93 bits per heavy atom. The van der Waals surface area contributed by atoms with Crippen LogP contribution in [0, 0.1) is 0 Å². The SMILES string of the molecule is CCCNC(=O)c1ncc2c(-c3cc(OC)ccc3OC)cccc2c1N. The van der Waals surface area contributed by atoms with Gasteiger partial charge in [0.2, 0.25) is 0 Å². The summed E-state index contributed by atoms with van der Waals surface area (Å²) in [6.45, 7) is 2.57. The van der Waals surface area contributed by atoms with Crippen LogP contribution in [0.15, 0.2) is 42.6 Å². The molecule has 6 nitrogen and oxygen atoms in total. The minimum Gasteiger partial charge on any atom is -0.497 e. The molecule has 0 radical (unpaired) electrons. The van der Waals surface area contributed by atoms with Gasteiger partial charge in [0.15, 0.2) is 5.69 Å². The molecule has 0 saturated carbocycles. The molecule has 0 aliphatic carbocycles. The fourth-order valence-corrected chi connectivity index (χ4v) is 3.03. The quantitative estimate of drug-likeness (QED) is 0.696. The number of nitrogen functional groups attached to an aromatic ring is 1. The highest BCUT2D eigenvalue weighted by molar-refractivity contribution is 6.09. The van der Waals surface area contributed by atoms with Crippen molar-refractivity contribution in [3.63, 3.8) is 0 Å². The number of aromatic nitrogens is 1. The van der Waals surface area contributed by atoms with Crippen molar-refractivity contribution in [2.75, 3.05) is 26.5 Å². The van der Waals surface area contributed by atoms with E-state index in [1.54, 1.807) is 20.4 Å². The second-order valence-corrected chi connectivity index (χ2v) is 6.11. The first kappa shape index (κ1) is 18.5. The molecule has 27 heavy (non-hydrogen) atoms. The van der Waals surface area contributed by atoms with E-state index in [2.05, 4.69) is 10.3 Å². The summed E-state index contributed by atoms with van der Waals surface area (Å²) in [5, 5.41) is 4.43. The normalized spacial score (nSPS) is 10.6. The van der Waals surface area contributed by atoms with Crippen molar-refractivity contribution >= 4 is 22.4 Å². The Morgan fingerprint density at radius 1 is 1.11 bits per heavy atom. The maximum Gasteiger partial charge on any atom is 0.272 e. The number of carbonyl (C=O) groups is 1. The molecule has 0 aliphatic heterocycles. The van der Waals surface area contributed by atoms with Gasteiger partial charge in [-0.05, 0) is 30.2 Å². The molecule has 0 unspecified atom stereocenters. The van der Waals surface area contributed by atoms with Crippen LogP contribution in [0.2, 0.25) is 0 Å². The maximum absolute atomic E-state index is 12.3. The van der Waals surface area contributed by atoms with Gasteiger partial charge in [0.25, 0.3) is 5.91 Å². The average molecular weight is 365 g/mol. The first-order valence-corrected chi connectivity index (χ1v) is 8.78. The number of rotatable bonds is 6. The van der Waals surface area contributed by atoms with Gasteiger partial charge in [0.05, 0.1) is 19.9 Å². The number of benzene rings is 2. The van der Waals surface area contributed by atoms with Crippen molar-refractivity contribution in [3.05, 3.63) is 48.3 Å². The van der Waals surface area contributed by atoms with Gasteiger partial charge in [-0.2, -0.15) is 0 Å². The summed E-state index contributed by atoms with van der Waals surface area (Å²) in [7, 11) is 3.24. The number of nitrogens with two attached hydrogens (primary N) is 1. The molecule has 1 heterocycles. The summed E-state index contributed by atoms with van der Waals surface area (Å²) in [5.74, 6) is 1.17. The van der Waals surface area contributed by atoms with Crippen LogP contribution in [-0.2, 0) is 0 Å².